The van der Waals surface area contributed by atoms with Gasteiger partial charge in [-0.05, 0) is 23.2 Å². The van der Waals surface area contributed by atoms with E-state index in [1.165, 1.54) is 6.20 Å². The van der Waals surface area contributed by atoms with Crippen LogP contribution in [0.15, 0.2) is 42.6 Å². The van der Waals surface area contributed by atoms with Gasteiger partial charge in [-0.1, -0.05) is 41.9 Å². The predicted octanol–water partition coefficient (Wildman–Crippen LogP) is 3.78. The van der Waals surface area contributed by atoms with Crippen LogP contribution in [0.3, 0.4) is 0 Å². The molecule has 0 unspecified atom stereocenters. The maximum atomic E-state index is 11.0. The predicted molar refractivity (Wildman–Crippen MR) is 64.9 cm³/mol. The molecule has 0 aliphatic rings. The summed E-state index contributed by atoms with van der Waals surface area (Å²) < 4.78 is 0. The Morgan fingerprint density at radius 1 is 1.19 bits per heavy atom. The Kier molecular flexibility index (Phi) is 3.22. The number of hydrogen-bond donors (Lipinski definition) is 0. The first kappa shape index (κ1) is 11.1. The number of rotatable bonds is 2. The number of nitrogens with zero attached hydrogens (tertiary/aromatic N) is 1. The molecule has 2 nitrogen and oxygen atoms in total. The Morgan fingerprint density at radius 2 is 1.88 bits per heavy atom. The monoisotopic (exact) mass is 251 g/mol. The molecular weight excluding hydrogens is 245 g/mol. The van der Waals surface area contributed by atoms with Crippen molar-refractivity contribution in [2.45, 2.75) is 0 Å². The standard InChI is InChI=1S/C12H7Cl2NO/c13-11-10(8-4-2-1-3-5-8)6-9(7-15-11)12(14)16/h1-7H. The van der Waals surface area contributed by atoms with E-state index in [-0.39, 0.29) is 0 Å². The van der Waals surface area contributed by atoms with Crippen LogP contribution < -0.4 is 0 Å². The highest BCUT2D eigenvalue weighted by Gasteiger charge is 2.09. The summed E-state index contributed by atoms with van der Waals surface area (Å²) in [6, 6.07) is 11.1. The van der Waals surface area contributed by atoms with E-state index in [0.29, 0.717) is 16.3 Å². The number of halogens is 2. The zero-order valence-electron chi connectivity index (χ0n) is 8.15. The molecule has 0 saturated heterocycles. The van der Waals surface area contributed by atoms with Gasteiger partial charge >= 0.3 is 0 Å². The molecule has 2 aromatic rings. The lowest BCUT2D eigenvalue weighted by atomic mass is 10.1. The molecule has 80 valence electrons. The van der Waals surface area contributed by atoms with E-state index in [4.69, 9.17) is 23.2 Å². The second-order valence-corrected chi connectivity index (χ2v) is 3.90. The first-order chi connectivity index (χ1) is 7.68. The zero-order chi connectivity index (χ0) is 11.5. The Labute approximate surface area is 103 Å². The Bertz CT molecular complexity index is 526. The van der Waals surface area contributed by atoms with E-state index < -0.39 is 5.24 Å². The van der Waals surface area contributed by atoms with Crippen molar-refractivity contribution in [3.63, 3.8) is 0 Å². The van der Waals surface area contributed by atoms with E-state index in [0.717, 1.165) is 5.56 Å². The van der Waals surface area contributed by atoms with Crippen LogP contribution in [0.4, 0.5) is 0 Å². The average molecular weight is 252 g/mol. The van der Waals surface area contributed by atoms with Gasteiger partial charge in [0.1, 0.15) is 5.15 Å². The molecule has 16 heavy (non-hydrogen) atoms. The molecule has 4 heteroatoms. The summed E-state index contributed by atoms with van der Waals surface area (Å²) in [5, 5.41) is -0.186. The number of pyridine rings is 1. The third-order valence-electron chi connectivity index (χ3n) is 2.15. The summed E-state index contributed by atoms with van der Waals surface area (Å²) in [5.74, 6) is 0. The van der Waals surface area contributed by atoms with Gasteiger partial charge in [0.15, 0.2) is 0 Å². The first-order valence-electron chi connectivity index (χ1n) is 4.59. The van der Waals surface area contributed by atoms with Crippen LogP contribution in [-0.2, 0) is 0 Å². The van der Waals surface area contributed by atoms with Crippen LogP contribution in [0, 0.1) is 0 Å². The minimum atomic E-state index is -0.540. The molecular formula is C12H7Cl2NO. The molecule has 0 radical (unpaired) electrons. The van der Waals surface area contributed by atoms with Crippen LogP contribution in [0.2, 0.25) is 5.15 Å². The SMILES string of the molecule is O=C(Cl)c1cnc(Cl)c(-c2ccccc2)c1. The molecule has 1 aromatic heterocycles. The average Bonchev–Trinajstić information content (AvgIpc) is 2.30. The van der Waals surface area contributed by atoms with Crippen LogP contribution in [0.25, 0.3) is 11.1 Å². The Hall–Kier alpha value is -1.38. The number of hydrogen-bond acceptors (Lipinski definition) is 2. The van der Waals surface area contributed by atoms with Gasteiger partial charge in [0.05, 0.1) is 5.56 Å². The highest BCUT2D eigenvalue weighted by molar-refractivity contribution is 6.67. The van der Waals surface area contributed by atoms with E-state index >= 15 is 0 Å². The summed E-state index contributed by atoms with van der Waals surface area (Å²) in [7, 11) is 0. The highest BCUT2D eigenvalue weighted by Crippen LogP contribution is 2.27. The lowest BCUT2D eigenvalue weighted by Gasteiger charge is -2.04. The molecule has 0 aliphatic carbocycles. The van der Waals surface area contributed by atoms with Crippen molar-refractivity contribution in [1.29, 1.82) is 0 Å². The van der Waals surface area contributed by atoms with Crippen LogP contribution in [-0.4, -0.2) is 10.2 Å². The molecule has 0 saturated carbocycles. The summed E-state index contributed by atoms with van der Waals surface area (Å²) in [6.07, 6.45) is 1.37. The van der Waals surface area contributed by atoms with Crippen LogP contribution >= 0.6 is 23.2 Å². The summed E-state index contributed by atoms with van der Waals surface area (Å²) >= 11 is 11.4. The minimum absolute atomic E-state index is 0.338. The van der Waals surface area contributed by atoms with Gasteiger partial charge < -0.3 is 0 Å². The maximum absolute atomic E-state index is 11.0. The minimum Gasteiger partial charge on any atom is -0.276 e. The van der Waals surface area contributed by atoms with Gasteiger partial charge in [-0.2, -0.15) is 0 Å². The molecule has 1 aromatic carbocycles. The molecule has 0 atom stereocenters. The van der Waals surface area contributed by atoms with Gasteiger partial charge in [0, 0.05) is 11.8 Å². The van der Waals surface area contributed by atoms with Crippen molar-refractivity contribution in [1.82, 2.24) is 4.98 Å². The van der Waals surface area contributed by atoms with E-state index in [2.05, 4.69) is 4.98 Å². The van der Waals surface area contributed by atoms with Crippen LogP contribution in [0.5, 0.6) is 0 Å². The lowest BCUT2D eigenvalue weighted by Crippen LogP contribution is -1.92. The topological polar surface area (TPSA) is 30.0 Å². The molecule has 0 fully saturated rings. The Morgan fingerprint density at radius 3 is 2.50 bits per heavy atom. The smallest absolute Gasteiger partial charge is 0.253 e. The normalized spacial score (nSPS) is 10.1. The van der Waals surface area contributed by atoms with Gasteiger partial charge in [0.2, 0.25) is 0 Å². The zero-order valence-corrected chi connectivity index (χ0v) is 9.66. The Balaban J connectivity index is 2.56. The number of aromatic nitrogens is 1. The van der Waals surface area contributed by atoms with Gasteiger partial charge in [0.25, 0.3) is 5.24 Å². The van der Waals surface area contributed by atoms with Gasteiger partial charge in [-0.3, -0.25) is 4.79 Å². The fourth-order valence-corrected chi connectivity index (χ4v) is 1.69. The van der Waals surface area contributed by atoms with Gasteiger partial charge in [-0.15, -0.1) is 0 Å². The molecule has 0 spiro atoms. The van der Waals surface area contributed by atoms with Crippen molar-refractivity contribution < 1.29 is 4.79 Å². The van der Waals surface area contributed by atoms with Gasteiger partial charge in [-0.25, -0.2) is 4.98 Å². The summed E-state index contributed by atoms with van der Waals surface area (Å²) in [5.41, 5.74) is 1.94. The van der Waals surface area contributed by atoms with Crippen molar-refractivity contribution in [3.8, 4) is 11.1 Å². The van der Waals surface area contributed by atoms with E-state index in [1.807, 2.05) is 30.3 Å². The largest absolute Gasteiger partial charge is 0.276 e. The molecule has 0 aliphatic heterocycles. The van der Waals surface area contributed by atoms with Crippen molar-refractivity contribution >= 4 is 28.4 Å². The van der Waals surface area contributed by atoms with Crippen molar-refractivity contribution in [2.24, 2.45) is 0 Å². The third-order valence-corrected chi connectivity index (χ3v) is 2.67. The van der Waals surface area contributed by atoms with Crippen molar-refractivity contribution in [3.05, 3.63) is 53.3 Å². The van der Waals surface area contributed by atoms with E-state index in [9.17, 15) is 4.79 Å². The van der Waals surface area contributed by atoms with Crippen molar-refractivity contribution in [2.75, 3.05) is 0 Å². The highest BCUT2D eigenvalue weighted by atomic mass is 35.5. The molecule has 1 heterocycles. The molecule has 0 amide bonds. The molecule has 2 rings (SSSR count). The number of carbonyl (C=O) groups excluding carboxylic acids is 1. The number of carbonyl (C=O) groups is 1. The maximum Gasteiger partial charge on any atom is 0.253 e. The first-order valence-corrected chi connectivity index (χ1v) is 5.35. The summed E-state index contributed by atoms with van der Waals surface area (Å²) in [4.78, 5) is 15.0. The fraction of sp³-hybridized carbons (Fsp3) is 0. The number of benzene rings is 1. The second kappa shape index (κ2) is 4.64. The summed E-state index contributed by atoms with van der Waals surface area (Å²) in [6.45, 7) is 0. The lowest BCUT2D eigenvalue weighted by molar-refractivity contribution is 0.108. The second-order valence-electron chi connectivity index (χ2n) is 3.20. The molecule has 0 bridgehead atoms. The van der Waals surface area contributed by atoms with Crippen LogP contribution in [0.1, 0.15) is 10.4 Å². The quantitative estimate of drug-likeness (QED) is 0.601. The third kappa shape index (κ3) is 2.23. The molecule has 0 N–H and O–H groups in total. The fourth-order valence-electron chi connectivity index (χ4n) is 1.38. The van der Waals surface area contributed by atoms with E-state index in [1.54, 1.807) is 6.07 Å².